The molecule has 6 heteroatoms. The zero-order valence-corrected chi connectivity index (χ0v) is 15.0. The second kappa shape index (κ2) is 6.77. The quantitative estimate of drug-likeness (QED) is 0.885. The molecule has 0 bridgehead atoms. The van der Waals surface area contributed by atoms with Gasteiger partial charge in [-0.2, -0.15) is 5.10 Å². The van der Waals surface area contributed by atoms with Crippen LogP contribution in [0.5, 0.6) is 0 Å². The number of nitrogens with one attached hydrogen (secondary N) is 1. The summed E-state index contributed by atoms with van der Waals surface area (Å²) in [7, 11) is 0. The van der Waals surface area contributed by atoms with Crippen molar-refractivity contribution in [3.8, 4) is 0 Å². The van der Waals surface area contributed by atoms with Gasteiger partial charge in [-0.1, -0.05) is 6.42 Å². The normalized spacial score (nSPS) is 26.5. The van der Waals surface area contributed by atoms with Gasteiger partial charge in [-0.15, -0.1) is 0 Å². The minimum atomic E-state index is 0.531. The maximum absolute atomic E-state index is 4.45. The molecule has 2 aromatic rings. The van der Waals surface area contributed by atoms with Gasteiger partial charge < -0.3 is 10.2 Å². The highest BCUT2D eigenvalue weighted by Gasteiger charge is 2.27. The largest absolute Gasteiger partial charge is 0.365 e. The Bertz CT molecular complexity index is 656. The Balaban J connectivity index is 1.38. The van der Waals surface area contributed by atoms with E-state index in [0.717, 1.165) is 21.8 Å². The third kappa shape index (κ3) is 3.38. The van der Waals surface area contributed by atoms with Gasteiger partial charge in [0.1, 0.15) is 11.8 Å². The molecule has 4 rings (SSSR count). The van der Waals surface area contributed by atoms with Gasteiger partial charge >= 0.3 is 0 Å². The van der Waals surface area contributed by atoms with Crippen LogP contribution in [0.15, 0.2) is 23.1 Å². The second-order valence-electron chi connectivity index (χ2n) is 6.84. The number of piperidine rings is 1. The molecule has 5 nitrogen and oxygen atoms in total. The summed E-state index contributed by atoms with van der Waals surface area (Å²) >= 11 is 3.51. The zero-order chi connectivity index (χ0) is 15.6. The lowest BCUT2D eigenvalue weighted by atomic mass is 9.89. The topological polar surface area (TPSA) is 45.5 Å². The first-order chi connectivity index (χ1) is 11.3. The molecule has 0 atom stereocenters. The van der Waals surface area contributed by atoms with E-state index in [9.17, 15) is 0 Å². The summed E-state index contributed by atoms with van der Waals surface area (Å²) in [5.41, 5.74) is 1.04. The Morgan fingerprint density at radius 2 is 1.87 bits per heavy atom. The highest BCUT2D eigenvalue weighted by Crippen LogP contribution is 2.28. The summed E-state index contributed by atoms with van der Waals surface area (Å²) < 4.78 is 2.91. The lowest BCUT2D eigenvalue weighted by Crippen LogP contribution is -2.43. The van der Waals surface area contributed by atoms with Crippen LogP contribution in [0, 0.1) is 0 Å². The molecule has 2 aliphatic rings. The van der Waals surface area contributed by atoms with Gasteiger partial charge in [-0.25, -0.2) is 9.50 Å². The molecule has 0 radical (unpaired) electrons. The smallest absolute Gasteiger partial charge is 0.154 e. The molecule has 1 saturated heterocycles. The van der Waals surface area contributed by atoms with Crippen molar-refractivity contribution in [1.82, 2.24) is 19.5 Å². The summed E-state index contributed by atoms with van der Waals surface area (Å²) in [6, 6.07) is 3.41. The van der Waals surface area contributed by atoms with E-state index in [-0.39, 0.29) is 0 Å². The van der Waals surface area contributed by atoms with Gasteiger partial charge in [0.05, 0.1) is 0 Å². The fourth-order valence-corrected chi connectivity index (χ4v) is 4.48. The molecule has 2 aromatic heterocycles. The Kier molecular flexibility index (Phi) is 4.53. The molecule has 1 aliphatic heterocycles. The van der Waals surface area contributed by atoms with Crippen LogP contribution in [0.3, 0.4) is 0 Å². The molecular formula is C17H24BrN5. The van der Waals surface area contributed by atoms with E-state index < -0.39 is 0 Å². The highest BCUT2D eigenvalue weighted by atomic mass is 79.9. The van der Waals surface area contributed by atoms with Gasteiger partial charge in [0.25, 0.3) is 0 Å². The molecule has 0 unspecified atom stereocenters. The van der Waals surface area contributed by atoms with Crippen LogP contribution >= 0.6 is 15.9 Å². The SMILES string of the molecule is Brc1cc2c(NC3CCC(N4CCCCC4)CC3)ncnn2c1. The lowest BCUT2D eigenvalue weighted by molar-refractivity contribution is 0.127. The summed E-state index contributed by atoms with van der Waals surface area (Å²) in [5.74, 6) is 0.951. The summed E-state index contributed by atoms with van der Waals surface area (Å²) in [6.07, 6.45) is 12.9. The van der Waals surface area contributed by atoms with Crippen LogP contribution in [0.25, 0.3) is 5.52 Å². The standard InChI is InChI=1S/C17H24BrN5/c18-13-10-16-17(19-12-20-23(16)11-13)21-14-4-6-15(7-5-14)22-8-2-1-3-9-22/h10-12,14-15H,1-9H2,(H,19,20,21). The van der Waals surface area contributed by atoms with E-state index in [1.165, 1.54) is 58.0 Å². The number of hydrogen-bond donors (Lipinski definition) is 1. The van der Waals surface area contributed by atoms with Gasteiger partial charge in [0.15, 0.2) is 5.82 Å². The number of anilines is 1. The molecule has 3 heterocycles. The molecule has 0 spiro atoms. The minimum absolute atomic E-state index is 0.531. The molecule has 2 fully saturated rings. The third-order valence-electron chi connectivity index (χ3n) is 5.32. The van der Waals surface area contributed by atoms with Crippen LogP contribution in [0.1, 0.15) is 44.9 Å². The molecular weight excluding hydrogens is 354 g/mol. The predicted molar refractivity (Wildman–Crippen MR) is 95.8 cm³/mol. The van der Waals surface area contributed by atoms with Crippen molar-refractivity contribution in [2.75, 3.05) is 18.4 Å². The maximum atomic E-state index is 4.45. The van der Waals surface area contributed by atoms with Gasteiger partial charge in [0.2, 0.25) is 0 Å². The van der Waals surface area contributed by atoms with Gasteiger partial charge in [0, 0.05) is 22.8 Å². The van der Waals surface area contributed by atoms with Crippen molar-refractivity contribution in [2.45, 2.75) is 57.0 Å². The number of aromatic nitrogens is 3. The third-order valence-corrected chi connectivity index (χ3v) is 5.75. The maximum Gasteiger partial charge on any atom is 0.154 e. The molecule has 1 aliphatic carbocycles. The fourth-order valence-electron chi connectivity index (χ4n) is 4.07. The van der Waals surface area contributed by atoms with Crippen molar-refractivity contribution >= 4 is 27.3 Å². The van der Waals surface area contributed by atoms with Crippen molar-refractivity contribution in [3.05, 3.63) is 23.1 Å². The molecule has 23 heavy (non-hydrogen) atoms. The molecule has 0 amide bonds. The van der Waals surface area contributed by atoms with Gasteiger partial charge in [-0.3, -0.25) is 0 Å². The van der Waals surface area contributed by atoms with E-state index in [1.807, 2.05) is 10.7 Å². The van der Waals surface area contributed by atoms with Crippen LogP contribution in [0.4, 0.5) is 5.82 Å². The van der Waals surface area contributed by atoms with Crippen LogP contribution in [-0.2, 0) is 0 Å². The molecule has 1 N–H and O–H groups in total. The van der Waals surface area contributed by atoms with E-state index in [1.54, 1.807) is 6.33 Å². The van der Waals surface area contributed by atoms with Crippen molar-refractivity contribution < 1.29 is 0 Å². The van der Waals surface area contributed by atoms with E-state index in [0.29, 0.717) is 6.04 Å². The Morgan fingerprint density at radius 3 is 2.65 bits per heavy atom. The van der Waals surface area contributed by atoms with E-state index in [2.05, 4.69) is 42.3 Å². The summed E-state index contributed by atoms with van der Waals surface area (Å²) in [5, 5.41) is 7.91. The Hall–Kier alpha value is -1.14. The number of nitrogens with zero attached hydrogens (tertiary/aromatic N) is 4. The van der Waals surface area contributed by atoms with Crippen molar-refractivity contribution in [1.29, 1.82) is 0 Å². The Morgan fingerprint density at radius 1 is 1.09 bits per heavy atom. The predicted octanol–water partition coefficient (Wildman–Crippen LogP) is 3.70. The average Bonchev–Trinajstić information content (AvgIpc) is 2.98. The van der Waals surface area contributed by atoms with E-state index in [4.69, 9.17) is 0 Å². The van der Waals surface area contributed by atoms with Crippen LogP contribution < -0.4 is 5.32 Å². The number of hydrogen-bond acceptors (Lipinski definition) is 4. The number of rotatable bonds is 3. The summed E-state index contributed by atoms with van der Waals surface area (Å²) in [6.45, 7) is 2.63. The first-order valence-corrected chi connectivity index (χ1v) is 9.58. The second-order valence-corrected chi connectivity index (χ2v) is 7.76. The number of likely N-dealkylation sites (tertiary alicyclic amines) is 1. The number of halogens is 1. The van der Waals surface area contributed by atoms with Crippen LogP contribution in [0.2, 0.25) is 0 Å². The average molecular weight is 378 g/mol. The molecule has 124 valence electrons. The number of fused-ring (bicyclic) bond motifs is 1. The molecule has 1 saturated carbocycles. The first-order valence-electron chi connectivity index (χ1n) is 8.79. The van der Waals surface area contributed by atoms with Crippen molar-refractivity contribution in [3.63, 3.8) is 0 Å². The minimum Gasteiger partial charge on any atom is -0.365 e. The van der Waals surface area contributed by atoms with Crippen molar-refractivity contribution in [2.24, 2.45) is 0 Å². The highest BCUT2D eigenvalue weighted by molar-refractivity contribution is 9.10. The van der Waals surface area contributed by atoms with E-state index >= 15 is 0 Å². The monoisotopic (exact) mass is 377 g/mol. The lowest BCUT2D eigenvalue weighted by Gasteiger charge is -2.39. The Labute approximate surface area is 145 Å². The zero-order valence-electron chi connectivity index (χ0n) is 13.4. The summed E-state index contributed by atoms with van der Waals surface area (Å²) in [4.78, 5) is 7.18. The van der Waals surface area contributed by atoms with Crippen LogP contribution in [-0.4, -0.2) is 44.7 Å². The molecule has 0 aromatic carbocycles. The first kappa shape index (κ1) is 15.4. The fraction of sp³-hybridized carbons (Fsp3) is 0.647. The van der Waals surface area contributed by atoms with Gasteiger partial charge in [-0.05, 0) is 73.6 Å².